The van der Waals surface area contributed by atoms with Crippen molar-refractivity contribution in [2.75, 3.05) is 53.9 Å². The van der Waals surface area contributed by atoms with Crippen molar-refractivity contribution in [1.82, 2.24) is 25.8 Å². The summed E-state index contributed by atoms with van der Waals surface area (Å²) in [7, 11) is 5.27. The number of methoxy groups -OCH3 is 1. The number of ketones is 2. The Labute approximate surface area is 424 Å². The lowest BCUT2D eigenvalue weighted by atomic mass is 9.78. The molecular formula is C51H71IN6O12. The normalized spacial score (nSPS) is 31.4. The van der Waals surface area contributed by atoms with Gasteiger partial charge in [0.25, 0.3) is 11.7 Å². The van der Waals surface area contributed by atoms with E-state index in [1.165, 1.54) is 39.4 Å². The molecule has 1 unspecified atom stereocenters. The van der Waals surface area contributed by atoms with Crippen LogP contribution in [0.2, 0.25) is 0 Å². The minimum absolute atomic E-state index is 0.00101. The molecule has 5 bridgehead atoms. The number of phenols is 1. The number of aliphatic hydroxyl groups excluding tert-OH is 2. The van der Waals surface area contributed by atoms with Crippen LogP contribution in [0.1, 0.15) is 106 Å². The first kappa shape index (κ1) is 54.7. The van der Waals surface area contributed by atoms with Gasteiger partial charge in [0.05, 0.1) is 47.1 Å². The van der Waals surface area contributed by atoms with E-state index in [1.807, 2.05) is 19.0 Å². The number of rotatable bonds is 10. The molecule has 4 heterocycles. The Morgan fingerprint density at radius 1 is 1.01 bits per heavy atom. The number of hydrogen-bond acceptors (Lipinski definition) is 16. The number of nitrogens with one attached hydrogen (secondary N) is 3. The summed E-state index contributed by atoms with van der Waals surface area (Å²) in [5.74, 6) is -8.67. The van der Waals surface area contributed by atoms with Gasteiger partial charge in [-0.05, 0) is 47.0 Å². The number of allylic oxidation sites excluding steroid dienone is 4. The number of piperidine rings is 1. The third-order valence-electron chi connectivity index (χ3n) is 14.2. The van der Waals surface area contributed by atoms with Crippen LogP contribution < -0.4 is 20.7 Å². The molecule has 6 N–H and O–H groups in total. The monoisotopic (exact) mass is 1090 g/mol. The lowest BCUT2D eigenvalue weighted by Crippen LogP contribution is -2.51. The van der Waals surface area contributed by atoms with E-state index in [0.29, 0.717) is 42.8 Å². The zero-order valence-corrected chi connectivity index (χ0v) is 44.3. The highest BCUT2D eigenvalue weighted by atomic mass is 127. The van der Waals surface area contributed by atoms with Crippen LogP contribution in [0.3, 0.4) is 0 Å². The number of alkyl halides is 1. The van der Waals surface area contributed by atoms with Crippen molar-refractivity contribution in [1.29, 1.82) is 0 Å². The average molecular weight is 1090 g/mol. The molecule has 2 amide bonds. The van der Waals surface area contributed by atoms with E-state index in [0.717, 1.165) is 13.1 Å². The van der Waals surface area contributed by atoms with Crippen molar-refractivity contribution < 1.29 is 58.2 Å². The summed E-state index contributed by atoms with van der Waals surface area (Å²) in [4.78, 5) is 79.5. The van der Waals surface area contributed by atoms with Crippen LogP contribution in [-0.4, -0.2) is 154 Å². The summed E-state index contributed by atoms with van der Waals surface area (Å²) in [5.41, 5.74) is -0.417. The molecule has 70 heavy (non-hydrogen) atoms. The van der Waals surface area contributed by atoms with Crippen molar-refractivity contribution in [2.24, 2.45) is 28.7 Å². The largest absolute Gasteiger partial charge is 0.507 e. The zero-order valence-electron chi connectivity index (χ0n) is 42.2. The maximum absolute atomic E-state index is 14.9. The van der Waals surface area contributed by atoms with Crippen molar-refractivity contribution in [2.45, 2.75) is 121 Å². The first-order valence-corrected chi connectivity index (χ1v) is 25.4. The van der Waals surface area contributed by atoms with Crippen LogP contribution in [0.4, 0.5) is 0 Å². The summed E-state index contributed by atoms with van der Waals surface area (Å²) in [5, 5.41) is 44.4. The van der Waals surface area contributed by atoms with Gasteiger partial charge in [-0.25, -0.2) is 0 Å². The molecule has 384 valence electrons. The number of likely N-dealkylation sites (tertiary alicyclic amines) is 1. The number of amides is 2. The van der Waals surface area contributed by atoms with Crippen molar-refractivity contribution in [3.8, 4) is 11.5 Å². The van der Waals surface area contributed by atoms with Gasteiger partial charge in [0, 0.05) is 97.4 Å². The number of nitrogens with zero attached hydrogens (tertiary/aromatic N) is 3. The standard InChI is InChI=1S/C51H71IN6O12/c1-26-14-12-15-27(2)49(66)54-41-40-39(55-51(56-40)17-21-58(22-18-51)25-28(3)52)36-37(45(41)64)44(63)32(7)47-38(36)48(65)50(8,70-47)68-23-16-33(67-11)29(4)46(31(6)43(62)30(5)42(26)61)69-35(60)24-34(59)53-19-13-20-57(9)10/h12,14-16,23,26,28-31,33,42-43,46,56,61-63H,13,17-22,24-25H2,1-11H3,(H,53,59)(H,54,66)/b14-12+,23-16+,27-15-/t26-,28?,29+,30+,31+,33-,42-,43+,46+,50-/m0/s1. The number of benzene rings is 1. The molecule has 4 aliphatic heterocycles. The zero-order chi connectivity index (χ0) is 51.6. The van der Waals surface area contributed by atoms with Crippen LogP contribution in [0.5, 0.6) is 11.5 Å². The predicted molar refractivity (Wildman–Crippen MR) is 271 cm³/mol. The maximum atomic E-state index is 14.9. The third kappa shape index (κ3) is 11.5. The SMILES string of the molecule is CO[C@H]1/C=C/O[C@@]2(C)Oc3c(C)c(O)c4c(c3C2=O)C2=NC3(CCN(CC(C)I)CC3)NC2=C(NC(=O)/C(C)=C\C=C\[C@H](C)[C@H](O)[C@@H](C)[C@@H](O)[C@@H](C)[C@H](OC(=O)CC(=O)NCCCN(C)C)[C@@H]1C)C4=O. The molecule has 0 aromatic heterocycles. The fourth-order valence-corrected chi connectivity index (χ4v) is 10.5. The highest BCUT2D eigenvalue weighted by Gasteiger charge is 2.54. The maximum Gasteiger partial charge on any atom is 0.315 e. The highest BCUT2D eigenvalue weighted by Crippen LogP contribution is 2.50. The smallest absolute Gasteiger partial charge is 0.315 e. The Balaban J connectivity index is 1.41. The molecule has 10 atom stereocenters. The first-order valence-electron chi connectivity index (χ1n) is 24.1. The molecular weight excluding hydrogens is 1020 g/mol. The van der Waals surface area contributed by atoms with E-state index >= 15 is 0 Å². The van der Waals surface area contributed by atoms with Crippen molar-refractivity contribution >= 4 is 57.7 Å². The Morgan fingerprint density at radius 2 is 1.70 bits per heavy atom. The van der Waals surface area contributed by atoms with Gasteiger partial charge in [0.2, 0.25) is 11.7 Å². The van der Waals surface area contributed by atoms with Crippen LogP contribution in [0.25, 0.3) is 0 Å². The number of esters is 1. The quantitative estimate of drug-likeness (QED) is 0.0633. The lowest BCUT2D eigenvalue weighted by Gasteiger charge is -2.38. The summed E-state index contributed by atoms with van der Waals surface area (Å²) in [6, 6.07) is 0. The van der Waals surface area contributed by atoms with Crippen LogP contribution in [0, 0.1) is 30.6 Å². The van der Waals surface area contributed by atoms with Crippen molar-refractivity contribution in [3.63, 3.8) is 0 Å². The Bertz CT molecular complexity index is 2370. The molecule has 6 rings (SSSR count). The number of aliphatic imine (C=N–C) groups is 1. The minimum atomic E-state index is -2.03. The van der Waals surface area contributed by atoms with Gasteiger partial charge in [-0.1, -0.05) is 75.4 Å². The van der Waals surface area contributed by atoms with Gasteiger partial charge >= 0.3 is 11.8 Å². The van der Waals surface area contributed by atoms with Gasteiger partial charge in [0.1, 0.15) is 35.4 Å². The number of aromatic hydroxyl groups is 1. The Hall–Kier alpha value is -4.67. The second-order valence-corrected chi connectivity index (χ2v) is 22.1. The van der Waals surface area contributed by atoms with Gasteiger partial charge in [-0.3, -0.25) is 29.0 Å². The third-order valence-corrected chi connectivity index (χ3v) is 14.6. The first-order chi connectivity index (χ1) is 32.9. The van der Waals surface area contributed by atoms with Gasteiger partial charge in [-0.15, -0.1) is 0 Å². The number of ether oxygens (including phenoxy) is 4. The van der Waals surface area contributed by atoms with E-state index in [2.05, 4.69) is 50.4 Å². The molecule has 1 spiro atoms. The number of carbonyl (C=O) groups excluding carboxylic acids is 5. The van der Waals surface area contributed by atoms with E-state index in [9.17, 15) is 39.3 Å². The summed E-state index contributed by atoms with van der Waals surface area (Å²) in [6.07, 6.45) is 4.47. The molecule has 1 aliphatic carbocycles. The molecule has 5 aliphatic rings. The molecule has 19 heteroatoms. The summed E-state index contributed by atoms with van der Waals surface area (Å²) < 4.78 is 24.8. The van der Waals surface area contributed by atoms with Crippen LogP contribution >= 0.6 is 22.6 Å². The summed E-state index contributed by atoms with van der Waals surface area (Å²) >= 11 is 2.39. The average Bonchev–Trinajstić information content (AvgIpc) is 3.81. The number of Topliss-reactive ketones (excluding diaryl/α,β-unsaturated/α-hetero) is 2. The van der Waals surface area contributed by atoms with E-state index in [4.69, 9.17) is 23.9 Å². The molecule has 18 nitrogen and oxygen atoms in total. The highest BCUT2D eigenvalue weighted by molar-refractivity contribution is 14.1. The minimum Gasteiger partial charge on any atom is -0.507 e. The molecule has 1 aromatic carbocycles. The van der Waals surface area contributed by atoms with Gasteiger partial charge in [-0.2, -0.15) is 0 Å². The van der Waals surface area contributed by atoms with E-state index in [-0.39, 0.29) is 50.7 Å². The van der Waals surface area contributed by atoms with E-state index < -0.39 is 101 Å². The van der Waals surface area contributed by atoms with E-state index in [1.54, 1.807) is 46.8 Å². The number of hydrogen-bond donors (Lipinski definition) is 6. The second-order valence-electron chi connectivity index (χ2n) is 20.0. The molecule has 1 aromatic rings. The second kappa shape index (κ2) is 22.4. The Kier molecular flexibility index (Phi) is 17.5. The number of halogens is 1. The predicted octanol–water partition coefficient (Wildman–Crippen LogP) is 4.22. The molecule has 1 fully saturated rings. The molecule has 1 saturated heterocycles. The number of aliphatic hydroxyl groups is 2. The summed E-state index contributed by atoms with van der Waals surface area (Å²) in [6.45, 7) is 16.9. The van der Waals surface area contributed by atoms with Crippen LogP contribution in [-0.2, 0) is 28.6 Å². The fraction of sp³-hybridized carbons (Fsp3) is 0.608. The number of phenolic OH excluding ortho intramolecular Hbond substituents is 1. The van der Waals surface area contributed by atoms with Gasteiger partial charge in [0.15, 0.2) is 0 Å². The lowest BCUT2D eigenvalue weighted by molar-refractivity contribution is -0.164. The topological polar surface area (TPSA) is 238 Å². The van der Waals surface area contributed by atoms with Gasteiger partial charge < -0.3 is 60.0 Å². The number of fused-ring (bicyclic) bond motifs is 3. The fourth-order valence-electron chi connectivity index (χ4n) is 9.93. The molecule has 0 radical (unpaired) electrons. The number of carbonyl (C=O) groups is 5. The van der Waals surface area contributed by atoms with Crippen molar-refractivity contribution in [3.05, 3.63) is 69.8 Å². The molecule has 0 saturated carbocycles. The van der Waals surface area contributed by atoms with Crippen LogP contribution in [0.15, 0.2) is 52.5 Å². The Morgan fingerprint density at radius 3 is 2.34 bits per heavy atom.